The molecule has 6 nitrogen and oxygen atoms in total. The minimum absolute atomic E-state index is 0.0827. The summed E-state index contributed by atoms with van der Waals surface area (Å²) >= 11 is 5.74. The van der Waals surface area contributed by atoms with Gasteiger partial charge in [-0.05, 0) is 13.0 Å². The maximum atomic E-state index is 11.9. The van der Waals surface area contributed by atoms with Gasteiger partial charge >= 0.3 is 0 Å². The molecule has 0 fully saturated rings. The number of sulfonamides is 1. The van der Waals surface area contributed by atoms with Crippen molar-refractivity contribution in [2.45, 2.75) is 11.8 Å². The zero-order valence-corrected chi connectivity index (χ0v) is 10.4. The molecule has 0 atom stereocenters. The van der Waals surface area contributed by atoms with E-state index in [-0.39, 0.29) is 10.7 Å². The number of hydrogen-bond donors (Lipinski definition) is 2. The summed E-state index contributed by atoms with van der Waals surface area (Å²) in [6, 6.07) is 2.98. The number of aromatic nitrogens is 3. The summed E-state index contributed by atoms with van der Waals surface area (Å²) < 4.78 is 26.2. The topological polar surface area (TPSA) is 87.7 Å². The second-order valence-corrected chi connectivity index (χ2v) is 5.41. The van der Waals surface area contributed by atoms with Crippen LogP contribution in [0, 0.1) is 6.92 Å². The molecule has 0 aliphatic rings. The number of halogens is 1. The molecule has 2 aromatic heterocycles. The van der Waals surface area contributed by atoms with Crippen LogP contribution in [0.15, 0.2) is 29.4 Å². The number of nitrogens with zero attached hydrogens (tertiary/aromatic N) is 2. The second-order valence-electron chi connectivity index (χ2n) is 3.32. The van der Waals surface area contributed by atoms with Gasteiger partial charge in [0.25, 0.3) is 10.0 Å². The summed E-state index contributed by atoms with van der Waals surface area (Å²) in [5.74, 6) is 0.165. The Morgan fingerprint density at radius 2 is 2.24 bits per heavy atom. The van der Waals surface area contributed by atoms with Gasteiger partial charge in [-0.1, -0.05) is 11.6 Å². The van der Waals surface area contributed by atoms with E-state index < -0.39 is 10.0 Å². The van der Waals surface area contributed by atoms with Crippen LogP contribution in [-0.4, -0.2) is 23.6 Å². The van der Waals surface area contributed by atoms with E-state index in [1.54, 1.807) is 13.0 Å². The molecule has 0 radical (unpaired) electrons. The predicted octanol–water partition coefficient (Wildman–Crippen LogP) is 1.57. The van der Waals surface area contributed by atoms with Gasteiger partial charge in [-0.25, -0.2) is 13.4 Å². The van der Waals surface area contributed by atoms with Crippen molar-refractivity contribution in [3.05, 3.63) is 35.2 Å². The molecule has 0 bridgehead atoms. The lowest BCUT2D eigenvalue weighted by atomic mass is 10.5. The lowest BCUT2D eigenvalue weighted by Gasteiger charge is -2.05. The van der Waals surface area contributed by atoms with Gasteiger partial charge in [0.1, 0.15) is 10.7 Å². The Bertz CT molecular complexity index is 638. The Labute approximate surface area is 103 Å². The van der Waals surface area contributed by atoms with Crippen LogP contribution in [0.25, 0.3) is 0 Å². The summed E-state index contributed by atoms with van der Waals surface area (Å²) in [4.78, 5) is 3.94. The SMILES string of the molecule is Cc1[nH]ncc1S(=O)(=O)Nc1cc(Cl)ccn1. The van der Waals surface area contributed by atoms with Gasteiger partial charge in [0.15, 0.2) is 0 Å². The van der Waals surface area contributed by atoms with Crippen molar-refractivity contribution in [1.29, 1.82) is 0 Å². The smallest absolute Gasteiger partial charge is 0.266 e. The van der Waals surface area contributed by atoms with E-state index in [9.17, 15) is 8.42 Å². The fourth-order valence-corrected chi connectivity index (χ4v) is 2.56. The standard InChI is InChI=1S/C9H9ClN4O2S/c1-6-8(5-12-13-6)17(15,16)14-9-4-7(10)2-3-11-9/h2-5H,1H3,(H,11,14)(H,12,13). The normalized spacial score (nSPS) is 11.4. The van der Waals surface area contributed by atoms with Crippen LogP contribution in [0.4, 0.5) is 5.82 Å². The summed E-state index contributed by atoms with van der Waals surface area (Å²) in [7, 11) is -3.68. The van der Waals surface area contributed by atoms with E-state index in [0.717, 1.165) is 0 Å². The molecule has 0 saturated heterocycles. The third-order valence-electron chi connectivity index (χ3n) is 2.03. The van der Waals surface area contributed by atoms with E-state index in [4.69, 9.17) is 11.6 Å². The molecular weight excluding hydrogens is 264 g/mol. The van der Waals surface area contributed by atoms with Crippen LogP contribution >= 0.6 is 11.6 Å². The van der Waals surface area contributed by atoms with Crippen molar-refractivity contribution in [2.75, 3.05) is 4.72 Å². The Balaban J connectivity index is 2.33. The molecule has 17 heavy (non-hydrogen) atoms. The summed E-state index contributed by atoms with van der Waals surface area (Å²) in [5, 5.41) is 6.62. The number of H-pyrrole nitrogens is 1. The van der Waals surface area contributed by atoms with Crippen molar-refractivity contribution < 1.29 is 8.42 Å². The van der Waals surface area contributed by atoms with Crippen molar-refractivity contribution >= 4 is 27.4 Å². The molecule has 0 aromatic carbocycles. The summed E-state index contributed by atoms with van der Waals surface area (Å²) in [6.07, 6.45) is 2.66. The molecular formula is C9H9ClN4O2S. The van der Waals surface area contributed by atoms with Gasteiger partial charge in [-0.2, -0.15) is 5.10 Å². The molecule has 0 saturated carbocycles. The third-order valence-corrected chi connectivity index (χ3v) is 3.74. The molecule has 8 heteroatoms. The Kier molecular flexibility index (Phi) is 3.03. The van der Waals surface area contributed by atoms with E-state index in [1.165, 1.54) is 18.5 Å². The average molecular weight is 273 g/mol. The first-order valence-electron chi connectivity index (χ1n) is 4.63. The van der Waals surface area contributed by atoms with E-state index >= 15 is 0 Å². The predicted molar refractivity (Wildman–Crippen MR) is 63.4 cm³/mol. The van der Waals surface area contributed by atoms with Gasteiger partial charge in [0.05, 0.1) is 11.9 Å². The number of nitrogens with one attached hydrogen (secondary N) is 2. The number of hydrogen-bond acceptors (Lipinski definition) is 4. The van der Waals surface area contributed by atoms with Crippen LogP contribution in [0.2, 0.25) is 5.02 Å². The highest BCUT2D eigenvalue weighted by molar-refractivity contribution is 7.92. The molecule has 0 amide bonds. The summed E-state index contributed by atoms with van der Waals surface area (Å²) in [5.41, 5.74) is 0.458. The minimum Gasteiger partial charge on any atom is -0.281 e. The lowest BCUT2D eigenvalue weighted by molar-refractivity contribution is 0.600. The highest BCUT2D eigenvalue weighted by Crippen LogP contribution is 2.18. The van der Waals surface area contributed by atoms with Gasteiger partial charge in [-0.15, -0.1) is 0 Å². The molecule has 2 N–H and O–H groups in total. The van der Waals surface area contributed by atoms with Crippen LogP contribution in [0.3, 0.4) is 0 Å². The fourth-order valence-electron chi connectivity index (χ4n) is 1.26. The highest BCUT2D eigenvalue weighted by atomic mass is 35.5. The van der Waals surface area contributed by atoms with Crippen LogP contribution in [0.1, 0.15) is 5.69 Å². The van der Waals surface area contributed by atoms with Crippen molar-refractivity contribution in [3.63, 3.8) is 0 Å². The van der Waals surface area contributed by atoms with Gasteiger partial charge < -0.3 is 0 Å². The largest absolute Gasteiger partial charge is 0.281 e. The first-order valence-corrected chi connectivity index (χ1v) is 6.49. The first kappa shape index (κ1) is 11.9. The monoisotopic (exact) mass is 272 g/mol. The Morgan fingerprint density at radius 1 is 1.47 bits per heavy atom. The number of aromatic amines is 1. The van der Waals surface area contributed by atoms with Gasteiger partial charge in [0.2, 0.25) is 0 Å². The van der Waals surface area contributed by atoms with Crippen molar-refractivity contribution in [1.82, 2.24) is 15.2 Å². The lowest BCUT2D eigenvalue weighted by Crippen LogP contribution is -2.14. The maximum Gasteiger partial charge on any atom is 0.266 e. The third kappa shape index (κ3) is 2.56. The molecule has 0 spiro atoms. The number of anilines is 1. The Morgan fingerprint density at radius 3 is 2.82 bits per heavy atom. The highest BCUT2D eigenvalue weighted by Gasteiger charge is 2.19. The van der Waals surface area contributed by atoms with Crippen LogP contribution in [-0.2, 0) is 10.0 Å². The van der Waals surface area contributed by atoms with Gasteiger partial charge in [-0.3, -0.25) is 9.82 Å². The molecule has 2 aromatic rings. The Hall–Kier alpha value is -1.60. The van der Waals surface area contributed by atoms with Crippen molar-refractivity contribution in [2.24, 2.45) is 0 Å². The van der Waals surface area contributed by atoms with Crippen LogP contribution in [0.5, 0.6) is 0 Å². The van der Waals surface area contributed by atoms with Crippen LogP contribution < -0.4 is 4.72 Å². The van der Waals surface area contributed by atoms with Crippen molar-refractivity contribution in [3.8, 4) is 0 Å². The minimum atomic E-state index is -3.68. The number of pyridine rings is 1. The zero-order chi connectivity index (χ0) is 12.5. The number of rotatable bonds is 3. The quantitative estimate of drug-likeness (QED) is 0.888. The summed E-state index contributed by atoms with van der Waals surface area (Å²) in [6.45, 7) is 1.62. The molecule has 2 heterocycles. The first-order chi connectivity index (χ1) is 7.99. The number of aryl methyl sites for hydroxylation is 1. The molecule has 0 unspecified atom stereocenters. The molecule has 2 rings (SSSR count). The van der Waals surface area contributed by atoms with Gasteiger partial charge in [0, 0.05) is 17.3 Å². The molecule has 0 aliphatic heterocycles. The molecule has 0 aliphatic carbocycles. The maximum absolute atomic E-state index is 11.9. The van der Waals surface area contributed by atoms with E-state index in [1.807, 2.05) is 0 Å². The fraction of sp³-hybridized carbons (Fsp3) is 0.111. The van der Waals surface area contributed by atoms with E-state index in [0.29, 0.717) is 10.7 Å². The molecule has 90 valence electrons. The van der Waals surface area contributed by atoms with E-state index in [2.05, 4.69) is 19.9 Å². The second kappa shape index (κ2) is 4.34. The average Bonchev–Trinajstić information content (AvgIpc) is 2.64. The zero-order valence-electron chi connectivity index (χ0n) is 8.81.